The molecule has 0 saturated heterocycles. The molecule has 5 nitrogen and oxygen atoms in total. The summed E-state index contributed by atoms with van der Waals surface area (Å²) < 4.78 is 347. The van der Waals surface area contributed by atoms with Crippen molar-refractivity contribution in [3.05, 3.63) is 177 Å². The van der Waals surface area contributed by atoms with Crippen LogP contribution in [0.4, 0.5) is 105 Å². The number of aromatic nitrogens is 2. The van der Waals surface area contributed by atoms with Crippen molar-refractivity contribution in [2.24, 2.45) is 0 Å². The monoisotopic (exact) mass is 1130 g/mol. The van der Waals surface area contributed by atoms with Crippen LogP contribution in [0.1, 0.15) is 72.3 Å². The van der Waals surface area contributed by atoms with Gasteiger partial charge in [-0.15, -0.1) is 0 Å². The van der Waals surface area contributed by atoms with E-state index in [1.165, 1.54) is 12.4 Å². The third-order valence-electron chi connectivity index (χ3n) is 11.1. The molecule has 1 aromatic heterocycles. The summed E-state index contributed by atoms with van der Waals surface area (Å²) in [4.78, 5) is 27.6. The van der Waals surface area contributed by atoms with Crippen LogP contribution in [0, 0.1) is 0 Å². The minimum absolute atomic E-state index is 0.0309. The third kappa shape index (κ3) is 14.4. The molecular weight excluding hydrogens is 1110 g/mol. The van der Waals surface area contributed by atoms with Crippen LogP contribution in [0.5, 0.6) is 0 Å². The Bertz CT molecular complexity index is 2680. The van der Waals surface area contributed by atoms with E-state index in [1.807, 2.05) is 18.2 Å². The summed E-state index contributed by atoms with van der Waals surface area (Å²) in [6, 6.07) is 0.195. The molecule has 5 aromatic carbocycles. The predicted molar refractivity (Wildman–Crippen MR) is 221 cm³/mol. The van der Waals surface area contributed by atoms with E-state index in [0.29, 0.717) is 12.2 Å². The lowest BCUT2D eigenvalue weighted by molar-refractivity contribution is -0.683. The number of Topliss-reactive ketones (excluding diaryl/α,β-unsaturated/α-hetero) is 1. The van der Waals surface area contributed by atoms with Crippen molar-refractivity contribution in [1.82, 2.24) is 4.98 Å². The summed E-state index contributed by atoms with van der Waals surface area (Å²) in [5, 5.41) is 0. The van der Waals surface area contributed by atoms with Crippen molar-refractivity contribution >= 4 is 39.7 Å². The fourth-order valence-corrected chi connectivity index (χ4v) is 7.79. The molecule has 0 bridgehead atoms. The molecule has 77 heavy (non-hydrogen) atoms. The van der Waals surface area contributed by atoms with E-state index in [4.69, 9.17) is 4.74 Å². The Morgan fingerprint density at radius 2 is 0.714 bits per heavy atom. The molecule has 6 aromatic rings. The molecule has 0 atom stereocenters. The van der Waals surface area contributed by atoms with E-state index in [1.54, 1.807) is 29.8 Å². The molecule has 0 radical (unpaired) electrons. The normalized spacial score (nSPS) is 13.2. The first-order valence-corrected chi connectivity index (χ1v) is 20.9. The van der Waals surface area contributed by atoms with Gasteiger partial charge in [0.05, 0.1) is 57.3 Å². The van der Waals surface area contributed by atoms with Gasteiger partial charge in [-0.2, -0.15) is 132 Å². The molecule has 0 N–H and O–H groups in total. The van der Waals surface area contributed by atoms with Crippen molar-refractivity contribution in [3.63, 3.8) is 0 Å². The van der Waals surface area contributed by atoms with E-state index in [9.17, 15) is 115 Å². The Kier molecular flexibility index (Phi) is 16.7. The molecule has 0 fully saturated rings. The number of carbonyl (C=O) groups excluding carboxylic acids is 2. The Hall–Kier alpha value is -7.30. The zero-order valence-corrected chi connectivity index (χ0v) is 37.7. The molecule has 0 amide bonds. The van der Waals surface area contributed by atoms with Crippen LogP contribution in [-0.2, 0) is 60.7 Å². The van der Waals surface area contributed by atoms with Crippen LogP contribution < -0.4 is 26.4 Å². The summed E-state index contributed by atoms with van der Waals surface area (Å²) in [5.41, 5.74) is -29.4. The number of ketones is 1. The van der Waals surface area contributed by atoms with Gasteiger partial charge in [-0.1, -0.05) is 78.9 Å². The molecule has 414 valence electrons. The highest BCUT2D eigenvalue weighted by Crippen LogP contribution is 2.41. The van der Waals surface area contributed by atoms with Gasteiger partial charge >= 0.3 is 55.4 Å². The summed E-state index contributed by atoms with van der Waals surface area (Å²) in [5.74, 6) is -0.523. The lowest BCUT2D eigenvalue weighted by Crippen LogP contribution is -2.75. The number of hydrogen-bond acceptors (Lipinski definition) is 4. The molecule has 0 aliphatic carbocycles. The summed E-state index contributed by atoms with van der Waals surface area (Å²) in [6.45, 7) is 2.17. The van der Waals surface area contributed by atoms with E-state index >= 15 is 0 Å². The van der Waals surface area contributed by atoms with Gasteiger partial charge in [0.1, 0.15) is 6.15 Å². The molecule has 6 rings (SSSR count). The summed E-state index contributed by atoms with van der Waals surface area (Å²) in [7, 11) is 0. The second-order valence-electron chi connectivity index (χ2n) is 16.3. The SMILES string of the molecule is CCOC(=O)c1c[n+](CC(=O)c2ccccc2)ccn1.FC(F)(F)c1cc([B-](c2cc(C(F)(F)F)cc(C(F)(F)F)c2)(c2cc(C(F)(F)F)cc(C(F)(F)F)c2)c2cc(C(F)(F)F)cc(C(F)(F)F)c2)cc(C(F)(F)F)c1. The van der Waals surface area contributed by atoms with Gasteiger partial charge in [0, 0.05) is 5.56 Å². The highest BCUT2D eigenvalue weighted by Gasteiger charge is 2.47. The number of carbonyl (C=O) groups is 2. The molecule has 1 heterocycles. The maximum absolute atomic E-state index is 14.2. The maximum Gasteiger partial charge on any atom is 0.416 e. The Labute approximate surface area is 415 Å². The number of benzene rings is 5. The van der Waals surface area contributed by atoms with Crippen molar-refractivity contribution in [2.75, 3.05) is 6.61 Å². The molecule has 0 aliphatic heterocycles. The van der Waals surface area contributed by atoms with Gasteiger partial charge in [0.15, 0.2) is 6.20 Å². The Morgan fingerprint density at radius 3 is 0.961 bits per heavy atom. The number of esters is 1. The van der Waals surface area contributed by atoms with Crippen molar-refractivity contribution in [2.45, 2.75) is 62.9 Å². The third-order valence-corrected chi connectivity index (χ3v) is 11.1. The topological polar surface area (TPSA) is 60.1 Å². The van der Waals surface area contributed by atoms with Gasteiger partial charge in [0.25, 0.3) is 0 Å². The predicted octanol–water partition coefficient (Wildman–Crippen LogP) is 12.6. The molecule has 0 spiro atoms. The average Bonchev–Trinajstić information content (AvgIpc) is 3.30. The first-order chi connectivity index (χ1) is 35.0. The van der Waals surface area contributed by atoms with Crippen LogP contribution in [0.3, 0.4) is 0 Å². The molecule has 30 heteroatoms. The first kappa shape index (κ1) is 60.6. The maximum atomic E-state index is 14.2. The summed E-state index contributed by atoms with van der Waals surface area (Å²) >= 11 is 0. The second-order valence-corrected chi connectivity index (χ2v) is 16.3. The smallest absolute Gasteiger partial charge is 0.416 e. The fourth-order valence-electron chi connectivity index (χ4n) is 7.79. The number of alkyl halides is 24. The molecular formula is C47H27BF24N2O3. The fraction of sp³-hybridized carbons (Fsp3) is 0.234. The van der Waals surface area contributed by atoms with Crippen LogP contribution in [0.15, 0.2) is 122 Å². The first-order valence-electron chi connectivity index (χ1n) is 20.9. The van der Waals surface area contributed by atoms with E-state index in [-0.39, 0.29) is 18.0 Å². The van der Waals surface area contributed by atoms with E-state index in [0.717, 1.165) is 0 Å². The highest BCUT2D eigenvalue weighted by molar-refractivity contribution is 7.20. The standard InChI is InChI=1S/C32H12BF24.C15H15N2O3/c34-25(35,36)13-1-14(26(37,38)39)6-21(5-13)33(22-7-15(27(40,41)42)2-16(8-22)28(43,44)45,23-9-17(29(46,47)48)3-18(10-23)30(49,50)51)24-11-19(31(52,53)54)4-20(12-24)32(55,56)57;1-2-20-15(19)13-10-17(9-8-16-13)11-14(18)12-6-4-3-5-7-12/h1-12H;3-10H,2,11H2,1H3/q-1;+1. The van der Waals surface area contributed by atoms with Crippen molar-refractivity contribution in [3.8, 4) is 0 Å². The Morgan fingerprint density at radius 1 is 0.442 bits per heavy atom. The number of hydrogen-bond donors (Lipinski definition) is 0. The number of ether oxygens (including phenoxy) is 1. The van der Waals surface area contributed by atoms with Crippen LogP contribution in [0.25, 0.3) is 0 Å². The van der Waals surface area contributed by atoms with Crippen molar-refractivity contribution in [1.29, 1.82) is 0 Å². The van der Waals surface area contributed by atoms with Gasteiger partial charge in [-0.25, -0.2) is 9.78 Å². The van der Waals surface area contributed by atoms with Crippen molar-refractivity contribution < 1.29 is 124 Å². The molecule has 0 unspecified atom stereocenters. The Balaban J connectivity index is 0.000000455. The zero-order chi connectivity index (χ0) is 58.3. The minimum atomic E-state index is -6.13. The zero-order valence-electron chi connectivity index (χ0n) is 37.7. The van der Waals surface area contributed by atoms with Crippen LogP contribution in [-0.4, -0.2) is 29.5 Å². The molecule has 0 saturated carbocycles. The second kappa shape index (κ2) is 21.3. The lowest BCUT2D eigenvalue weighted by Gasteiger charge is -2.46. The highest BCUT2D eigenvalue weighted by atomic mass is 19.4. The molecule has 0 aliphatic rings. The summed E-state index contributed by atoms with van der Waals surface area (Å²) in [6.07, 6.45) is -50.2. The number of rotatable bonds is 9. The van der Waals surface area contributed by atoms with Gasteiger partial charge in [-0.3, -0.25) is 4.79 Å². The number of nitrogens with zero attached hydrogens (tertiary/aromatic N) is 2. The quantitative estimate of drug-likeness (QED) is 0.0476. The van der Waals surface area contributed by atoms with Gasteiger partial charge in [-0.05, 0) is 31.2 Å². The van der Waals surface area contributed by atoms with E-state index < -0.39 is 201 Å². The van der Waals surface area contributed by atoms with Gasteiger partial charge < -0.3 is 4.74 Å². The lowest BCUT2D eigenvalue weighted by atomic mass is 9.12. The van der Waals surface area contributed by atoms with Crippen LogP contribution in [0.2, 0.25) is 0 Å². The average molecular weight is 1130 g/mol. The number of halogens is 24. The largest absolute Gasteiger partial charge is 0.461 e. The minimum Gasteiger partial charge on any atom is -0.461 e. The van der Waals surface area contributed by atoms with Crippen LogP contribution >= 0.6 is 0 Å². The van der Waals surface area contributed by atoms with Gasteiger partial charge in [0.2, 0.25) is 24.2 Å². The van der Waals surface area contributed by atoms with E-state index in [2.05, 4.69) is 4.98 Å².